The van der Waals surface area contributed by atoms with Crippen molar-refractivity contribution in [3.05, 3.63) is 55.9 Å². The van der Waals surface area contributed by atoms with Crippen LogP contribution < -0.4 is 5.32 Å². The average molecular weight is 391 g/mol. The van der Waals surface area contributed by atoms with E-state index >= 15 is 0 Å². The highest BCUT2D eigenvalue weighted by Crippen LogP contribution is 2.28. The number of hydrogen-bond acceptors (Lipinski definition) is 2. The standard InChI is InChI=1S/C13H10Br2ClNO/c14-9-2-4-13(18)8(5-9)7-17-12-6-10(15)1-3-11(12)16/h1-6,17-18H,7H2. The molecule has 0 fully saturated rings. The molecule has 0 radical (unpaired) electrons. The van der Waals surface area contributed by atoms with Crippen molar-refractivity contribution in [1.82, 2.24) is 0 Å². The smallest absolute Gasteiger partial charge is 0.120 e. The van der Waals surface area contributed by atoms with Crippen molar-refractivity contribution < 1.29 is 5.11 Å². The van der Waals surface area contributed by atoms with Gasteiger partial charge in [-0.3, -0.25) is 0 Å². The molecule has 0 aliphatic heterocycles. The van der Waals surface area contributed by atoms with E-state index in [4.69, 9.17) is 11.6 Å². The van der Waals surface area contributed by atoms with Gasteiger partial charge in [-0.15, -0.1) is 0 Å². The highest BCUT2D eigenvalue weighted by molar-refractivity contribution is 9.10. The molecule has 2 nitrogen and oxygen atoms in total. The number of hydrogen-bond donors (Lipinski definition) is 2. The summed E-state index contributed by atoms with van der Waals surface area (Å²) in [6.45, 7) is 0.501. The summed E-state index contributed by atoms with van der Waals surface area (Å²) in [5.41, 5.74) is 1.63. The van der Waals surface area contributed by atoms with Crippen molar-refractivity contribution in [3.63, 3.8) is 0 Å². The SMILES string of the molecule is Oc1ccc(Br)cc1CNc1cc(Br)ccc1Cl. The molecule has 0 spiro atoms. The number of nitrogens with one attached hydrogen (secondary N) is 1. The summed E-state index contributed by atoms with van der Waals surface area (Å²) in [5.74, 6) is 0.261. The molecule has 94 valence electrons. The average Bonchev–Trinajstić information content (AvgIpc) is 2.34. The molecule has 0 aliphatic rings. The Hall–Kier alpha value is -0.710. The van der Waals surface area contributed by atoms with Gasteiger partial charge in [-0.2, -0.15) is 0 Å². The van der Waals surface area contributed by atoms with Crippen LogP contribution in [0.5, 0.6) is 5.75 Å². The van der Waals surface area contributed by atoms with Crippen molar-refractivity contribution in [2.75, 3.05) is 5.32 Å². The quantitative estimate of drug-likeness (QED) is 0.755. The lowest BCUT2D eigenvalue weighted by Gasteiger charge is -2.10. The molecule has 0 saturated carbocycles. The monoisotopic (exact) mass is 389 g/mol. The molecular formula is C13H10Br2ClNO. The molecule has 18 heavy (non-hydrogen) atoms. The van der Waals surface area contributed by atoms with Crippen LogP contribution >= 0.6 is 43.5 Å². The number of phenols is 1. The van der Waals surface area contributed by atoms with Crippen LogP contribution in [-0.2, 0) is 6.54 Å². The van der Waals surface area contributed by atoms with Gasteiger partial charge in [0, 0.05) is 21.1 Å². The second-order valence-electron chi connectivity index (χ2n) is 3.75. The second kappa shape index (κ2) is 5.95. The van der Waals surface area contributed by atoms with Crippen LogP contribution in [0.4, 0.5) is 5.69 Å². The fraction of sp³-hybridized carbons (Fsp3) is 0.0769. The zero-order valence-electron chi connectivity index (χ0n) is 9.25. The minimum absolute atomic E-state index is 0.261. The van der Waals surface area contributed by atoms with E-state index in [9.17, 15) is 5.11 Å². The molecule has 2 aromatic carbocycles. The van der Waals surface area contributed by atoms with Gasteiger partial charge in [-0.05, 0) is 36.4 Å². The number of halogens is 3. The molecular weight excluding hydrogens is 381 g/mol. The van der Waals surface area contributed by atoms with Gasteiger partial charge < -0.3 is 10.4 Å². The highest BCUT2D eigenvalue weighted by atomic mass is 79.9. The first-order chi connectivity index (χ1) is 8.56. The van der Waals surface area contributed by atoms with E-state index in [0.29, 0.717) is 11.6 Å². The molecule has 0 bridgehead atoms. The third kappa shape index (κ3) is 3.40. The molecule has 0 unspecified atom stereocenters. The van der Waals surface area contributed by atoms with Crippen LogP contribution in [0, 0.1) is 0 Å². The van der Waals surface area contributed by atoms with Crippen molar-refractivity contribution in [1.29, 1.82) is 0 Å². The van der Waals surface area contributed by atoms with E-state index in [1.54, 1.807) is 12.1 Å². The van der Waals surface area contributed by atoms with Crippen molar-refractivity contribution >= 4 is 49.1 Å². The van der Waals surface area contributed by atoms with Gasteiger partial charge in [0.05, 0.1) is 10.7 Å². The predicted octanol–water partition coefficient (Wildman–Crippen LogP) is 5.18. The predicted molar refractivity (Wildman–Crippen MR) is 82.3 cm³/mol. The van der Waals surface area contributed by atoms with E-state index in [2.05, 4.69) is 37.2 Å². The topological polar surface area (TPSA) is 32.3 Å². The van der Waals surface area contributed by atoms with Crippen molar-refractivity contribution in [2.24, 2.45) is 0 Å². The first-order valence-electron chi connectivity index (χ1n) is 5.22. The van der Waals surface area contributed by atoms with Gasteiger partial charge >= 0.3 is 0 Å². The van der Waals surface area contributed by atoms with Gasteiger partial charge in [0.25, 0.3) is 0 Å². The van der Waals surface area contributed by atoms with Crippen LogP contribution in [0.1, 0.15) is 5.56 Å². The van der Waals surface area contributed by atoms with Crippen molar-refractivity contribution in [2.45, 2.75) is 6.54 Å². The summed E-state index contributed by atoms with van der Waals surface area (Å²) in [7, 11) is 0. The molecule has 2 rings (SSSR count). The largest absolute Gasteiger partial charge is 0.508 e. The van der Waals surface area contributed by atoms with E-state index in [0.717, 1.165) is 20.2 Å². The molecule has 0 saturated heterocycles. The zero-order valence-corrected chi connectivity index (χ0v) is 13.2. The summed E-state index contributed by atoms with van der Waals surface area (Å²) >= 11 is 12.8. The molecule has 2 N–H and O–H groups in total. The highest BCUT2D eigenvalue weighted by Gasteiger charge is 2.04. The Balaban J connectivity index is 2.16. The summed E-state index contributed by atoms with van der Waals surface area (Å²) in [6, 6.07) is 10.9. The maximum Gasteiger partial charge on any atom is 0.120 e. The van der Waals surface area contributed by atoms with Crippen LogP contribution in [-0.4, -0.2) is 5.11 Å². The fourth-order valence-electron chi connectivity index (χ4n) is 1.52. The third-order valence-corrected chi connectivity index (χ3v) is 3.76. The van der Waals surface area contributed by atoms with Gasteiger partial charge in [-0.1, -0.05) is 43.5 Å². The van der Waals surface area contributed by atoms with Crippen LogP contribution in [0.2, 0.25) is 5.02 Å². The van der Waals surface area contributed by atoms with Gasteiger partial charge in [0.15, 0.2) is 0 Å². The van der Waals surface area contributed by atoms with Crippen LogP contribution in [0.25, 0.3) is 0 Å². The first kappa shape index (κ1) is 13.7. The van der Waals surface area contributed by atoms with E-state index < -0.39 is 0 Å². The molecule has 0 aromatic heterocycles. The molecule has 0 amide bonds. The first-order valence-corrected chi connectivity index (χ1v) is 7.19. The maximum atomic E-state index is 9.73. The molecule has 0 heterocycles. The Bertz CT molecular complexity index is 523. The Kier molecular flexibility index (Phi) is 4.54. The lowest BCUT2D eigenvalue weighted by molar-refractivity contribution is 0.469. The minimum atomic E-state index is 0.261. The summed E-state index contributed by atoms with van der Waals surface area (Å²) < 4.78 is 1.88. The lowest BCUT2D eigenvalue weighted by atomic mass is 10.2. The Morgan fingerprint density at radius 1 is 1.06 bits per heavy atom. The summed E-state index contributed by atoms with van der Waals surface area (Å²) in [6.07, 6.45) is 0. The van der Waals surface area contributed by atoms with E-state index in [1.165, 1.54) is 0 Å². The minimum Gasteiger partial charge on any atom is -0.508 e. The van der Waals surface area contributed by atoms with Gasteiger partial charge in [0.2, 0.25) is 0 Å². The van der Waals surface area contributed by atoms with Gasteiger partial charge in [-0.25, -0.2) is 0 Å². The summed E-state index contributed by atoms with van der Waals surface area (Å²) in [5, 5.41) is 13.6. The number of aromatic hydroxyl groups is 1. The van der Waals surface area contributed by atoms with Gasteiger partial charge in [0.1, 0.15) is 5.75 Å². The fourth-order valence-corrected chi connectivity index (χ4v) is 2.47. The molecule has 2 aromatic rings. The molecule has 5 heteroatoms. The zero-order chi connectivity index (χ0) is 13.1. The Morgan fingerprint density at radius 2 is 1.72 bits per heavy atom. The number of anilines is 1. The summed E-state index contributed by atoms with van der Waals surface area (Å²) in [4.78, 5) is 0. The maximum absolute atomic E-state index is 9.73. The van der Waals surface area contributed by atoms with Crippen molar-refractivity contribution in [3.8, 4) is 5.75 Å². The van der Waals surface area contributed by atoms with Crippen LogP contribution in [0.3, 0.4) is 0 Å². The normalized spacial score (nSPS) is 10.4. The molecule has 0 aliphatic carbocycles. The van der Waals surface area contributed by atoms with E-state index in [-0.39, 0.29) is 5.75 Å². The Labute approximate surface area is 127 Å². The Morgan fingerprint density at radius 3 is 2.50 bits per heavy atom. The van der Waals surface area contributed by atoms with Crippen LogP contribution in [0.15, 0.2) is 45.3 Å². The molecule has 0 atom stereocenters. The second-order valence-corrected chi connectivity index (χ2v) is 5.99. The lowest BCUT2D eigenvalue weighted by Crippen LogP contribution is -2.00. The van der Waals surface area contributed by atoms with E-state index in [1.807, 2.05) is 24.3 Å². The number of rotatable bonds is 3. The number of benzene rings is 2. The third-order valence-electron chi connectivity index (χ3n) is 2.44. The number of phenolic OH excluding ortho intramolecular Hbond substituents is 1.